The lowest BCUT2D eigenvalue weighted by molar-refractivity contribution is -0.410. The third-order valence-electron chi connectivity index (χ3n) is 5.07. The number of hydrogen-bond donors (Lipinski definition) is 0. The van der Waals surface area contributed by atoms with E-state index >= 15 is 0 Å². The fraction of sp³-hybridized carbons (Fsp3) is 0.824. The summed E-state index contributed by atoms with van der Waals surface area (Å²) in [5.41, 5.74) is -5.89. The molecule has 33 heavy (non-hydrogen) atoms. The van der Waals surface area contributed by atoms with E-state index in [2.05, 4.69) is 20.8 Å². The van der Waals surface area contributed by atoms with Gasteiger partial charge in [0.15, 0.2) is 0 Å². The average Bonchev–Trinajstić information content (AvgIpc) is 2.62. The van der Waals surface area contributed by atoms with Gasteiger partial charge in [0.2, 0.25) is 0 Å². The van der Waals surface area contributed by atoms with Crippen LogP contribution in [0.4, 0.5) is 52.7 Å². The summed E-state index contributed by atoms with van der Waals surface area (Å²) in [6, 6.07) is 0. The van der Waals surface area contributed by atoms with Crippen molar-refractivity contribution >= 4 is 5.97 Å². The molecule has 2 atom stereocenters. The van der Waals surface area contributed by atoms with Gasteiger partial charge in [-0.15, -0.1) is 0 Å². The van der Waals surface area contributed by atoms with E-state index in [1.54, 1.807) is 0 Å². The summed E-state index contributed by atoms with van der Waals surface area (Å²) < 4.78 is 169. The smallest absolute Gasteiger partial charge is 0.434 e. The molecule has 194 valence electrons. The van der Waals surface area contributed by atoms with Crippen molar-refractivity contribution in [2.75, 3.05) is 13.9 Å². The molecule has 0 heterocycles. The molecule has 0 N–H and O–H groups in total. The zero-order valence-electron chi connectivity index (χ0n) is 16.6. The van der Waals surface area contributed by atoms with Crippen molar-refractivity contribution in [1.29, 1.82) is 0 Å². The molecule has 0 spiro atoms. The summed E-state index contributed by atoms with van der Waals surface area (Å²) in [4.78, 5) is 11.9. The topological polar surface area (TPSA) is 44.8 Å². The molecule has 1 aliphatic carbocycles. The summed E-state index contributed by atoms with van der Waals surface area (Å²) in [5, 5.41) is 0. The van der Waals surface area contributed by atoms with Gasteiger partial charge in [-0.2, -0.15) is 52.7 Å². The zero-order valence-corrected chi connectivity index (χ0v) is 16.6. The lowest BCUT2D eigenvalue weighted by Crippen LogP contribution is -2.64. The van der Waals surface area contributed by atoms with Crippen molar-refractivity contribution in [3.8, 4) is 0 Å². The van der Waals surface area contributed by atoms with Gasteiger partial charge < -0.3 is 14.2 Å². The Kier molecular flexibility index (Phi) is 8.78. The van der Waals surface area contributed by atoms with Gasteiger partial charge >= 0.3 is 30.7 Å². The number of esters is 1. The van der Waals surface area contributed by atoms with Crippen LogP contribution in [0.5, 0.6) is 0 Å². The fourth-order valence-corrected chi connectivity index (χ4v) is 3.60. The van der Waals surface area contributed by atoms with Crippen molar-refractivity contribution in [1.82, 2.24) is 0 Å². The van der Waals surface area contributed by atoms with E-state index in [-0.39, 0.29) is 6.42 Å². The van der Waals surface area contributed by atoms with Crippen molar-refractivity contribution in [2.45, 2.75) is 62.1 Å². The van der Waals surface area contributed by atoms with Gasteiger partial charge in [0.25, 0.3) is 11.7 Å². The second-order valence-electron chi connectivity index (χ2n) is 7.24. The van der Waals surface area contributed by atoms with Gasteiger partial charge in [-0.3, -0.25) is 0 Å². The van der Waals surface area contributed by atoms with Crippen molar-refractivity contribution in [2.24, 2.45) is 11.8 Å². The van der Waals surface area contributed by atoms with Gasteiger partial charge in [0.05, 0.1) is 0 Å². The summed E-state index contributed by atoms with van der Waals surface area (Å²) >= 11 is 0. The number of hydrogen-bond acceptors (Lipinski definition) is 4. The molecule has 0 saturated heterocycles. The molecule has 0 bridgehead atoms. The molecule has 0 amide bonds. The predicted molar refractivity (Wildman–Crippen MR) is 84.4 cm³/mol. The molecule has 16 heteroatoms. The van der Waals surface area contributed by atoms with Crippen LogP contribution < -0.4 is 0 Å². The summed E-state index contributed by atoms with van der Waals surface area (Å²) in [7, 11) is 0.761. The zero-order chi connectivity index (χ0) is 26.0. The maximum atomic E-state index is 13.6. The number of alkyl halides is 12. The van der Waals surface area contributed by atoms with Crippen LogP contribution in [0, 0.1) is 11.8 Å². The maximum Gasteiger partial charge on any atom is 0.434 e. The second-order valence-corrected chi connectivity index (χ2v) is 7.24. The summed E-state index contributed by atoms with van der Waals surface area (Å²) in [6.07, 6.45) is -31.3. The molecule has 1 saturated carbocycles. The van der Waals surface area contributed by atoms with Crippen molar-refractivity contribution < 1.29 is 71.7 Å². The number of carbonyl (C=O) groups excluding carboxylic acids is 1. The predicted octanol–water partition coefficient (Wildman–Crippen LogP) is 5.87. The lowest BCUT2D eigenvalue weighted by Gasteiger charge is -2.45. The molecule has 0 aromatic heterocycles. The van der Waals surface area contributed by atoms with E-state index in [1.807, 2.05) is 0 Å². The Hall–Kier alpha value is -1.71. The Balaban J connectivity index is 3.22. The second kappa shape index (κ2) is 9.88. The molecular formula is C17H18F12O4. The molecule has 0 aromatic rings. The number of rotatable bonds is 7. The fourth-order valence-electron chi connectivity index (χ4n) is 3.60. The van der Waals surface area contributed by atoms with Crippen LogP contribution in [-0.4, -0.2) is 56.3 Å². The molecule has 1 fully saturated rings. The molecule has 0 radical (unpaired) electrons. The van der Waals surface area contributed by atoms with Gasteiger partial charge in [-0.05, 0) is 25.2 Å². The summed E-state index contributed by atoms with van der Waals surface area (Å²) in [5.74, 6) is -6.28. The number of ether oxygens (including phenoxy) is 3. The lowest BCUT2D eigenvalue weighted by atomic mass is 9.70. The Morgan fingerprint density at radius 3 is 1.79 bits per heavy atom. The van der Waals surface area contributed by atoms with E-state index in [0.717, 1.165) is 7.11 Å². The molecular weight excluding hydrogens is 496 g/mol. The van der Waals surface area contributed by atoms with Crippen LogP contribution in [0.15, 0.2) is 12.2 Å². The minimum absolute atomic E-state index is 0.330. The first-order valence-electron chi connectivity index (χ1n) is 8.99. The van der Waals surface area contributed by atoms with Crippen LogP contribution in [0.3, 0.4) is 0 Å². The molecule has 4 nitrogen and oxygen atoms in total. The highest BCUT2D eigenvalue weighted by Crippen LogP contribution is 2.55. The Labute approximate surface area is 178 Å². The summed E-state index contributed by atoms with van der Waals surface area (Å²) in [6.45, 7) is 1.53. The first-order chi connectivity index (χ1) is 14.7. The Bertz CT molecular complexity index is 664. The maximum absolute atomic E-state index is 13.6. The van der Waals surface area contributed by atoms with E-state index in [1.165, 1.54) is 0 Å². The molecule has 0 aromatic carbocycles. The van der Waals surface area contributed by atoms with Gasteiger partial charge in [-0.1, -0.05) is 13.0 Å². The molecule has 2 unspecified atom stereocenters. The van der Waals surface area contributed by atoms with Gasteiger partial charge in [-0.25, -0.2) is 4.79 Å². The van der Waals surface area contributed by atoms with Crippen LogP contribution in [-0.2, 0) is 19.0 Å². The molecule has 0 aliphatic heterocycles. The number of halogens is 12. The highest BCUT2D eigenvalue weighted by molar-refractivity contribution is 5.88. The van der Waals surface area contributed by atoms with E-state index in [4.69, 9.17) is 0 Å². The van der Waals surface area contributed by atoms with Crippen molar-refractivity contribution in [3.63, 3.8) is 0 Å². The minimum atomic E-state index is -6.07. The van der Waals surface area contributed by atoms with Crippen LogP contribution in [0.1, 0.15) is 25.7 Å². The van der Waals surface area contributed by atoms with Crippen LogP contribution >= 0.6 is 0 Å². The van der Waals surface area contributed by atoms with Gasteiger partial charge in [0, 0.05) is 18.6 Å². The van der Waals surface area contributed by atoms with Crippen LogP contribution in [0.25, 0.3) is 0 Å². The largest absolute Gasteiger partial charge is 0.439 e. The first kappa shape index (κ1) is 29.3. The number of methoxy groups -OCH3 is 1. The third kappa shape index (κ3) is 6.45. The van der Waals surface area contributed by atoms with E-state index < -0.39 is 85.8 Å². The van der Waals surface area contributed by atoms with E-state index in [0.29, 0.717) is 0 Å². The number of carbonyl (C=O) groups is 1. The monoisotopic (exact) mass is 514 g/mol. The van der Waals surface area contributed by atoms with Crippen molar-refractivity contribution in [3.05, 3.63) is 12.2 Å². The van der Waals surface area contributed by atoms with Crippen LogP contribution in [0.2, 0.25) is 0 Å². The van der Waals surface area contributed by atoms with E-state index in [9.17, 15) is 57.5 Å². The molecule has 1 aliphatic rings. The normalized spacial score (nSPS) is 21.3. The third-order valence-corrected chi connectivity index (χ3v) is 5.07. The van der Waals surface area contributed by atoms with Gasteiger partial charge in [0.1, 0.15) is 6.79 Å². The quantitative estimate of drug-likeness (QED) is 0.185. The highest BCUT2D eigenvalue weighted by atomic mass is 19.4. The highest BCUT2D eigenvalue weighted by Gasteiger charge is 2.75. The molecule has 1 rings (SSSR count). The average molecular weight is 514 g/mol. The Morgan fingerprint density at radius 1 is 0.909 bits per heavy atom. The SMILES string of the molecule is C=C(C(=O)OC(C(F)(F)F)C(F)(F)F)C1CCCC(C(OCOC)(C(F)(F)F)C(F)(F)F)C1. The minimum Gasteiger partial charge on any atom is -0.439 e. The first-order valence-corrected chi connectivity index (χ1v) is 8.99. The standard InChI is InChI=1S/C17H18F12O4/c1-8(11(30)33-12(14(18,19)20)15(21,22)23)9-4-3-5-10(6-9)13(16(24,25)26,17(27,28)29)32-7-31-2/h9-10,12H,1,3-7H2,2H3. The Morgan fingerprint density at radius 2 is 1.39 bits per heavy atom.